The lowest BCUT2D eigenvalue weighted by atomic mass is 9.78. The van der Waals surface area contributed by atoms with Crippen molar-refractivity contribution in [3.05, 3.63) is 227 Å². The third-order valence-electron chi connectivity index (χ3n) is 14.0. The van der Waals surface area contributed by atoms with Crippen LogP contribution >= 0.6 is 0 Å². The van der Waals surface area contributed by atoms with E-state index in [1.165, 1.54) is 94.2 Å². The molecule has 1 aromatic heterocycles. The Bertz CT molecular complexity index is 3390. The predicted octanol–water partition coefficient (Wildman–Crippen LogP) is 15.9. The fourth-order valence-corrected chi connectivity index (χ4v) is 11.0. The van der Waals surface area contributed by atoms with Crippen LogP contribution in [0.4, 0.5) is 0 Å². The van der Waals surface area contributed by atoms with Gasteiger partial charge in [0.25, 0.3) is 0 Å². The number of para-hydroxylation sites is 1. The Balaban J connectivity index is 1.06. The summed E-state index contributed by atoms with van der Waals surface area (Å²) in [4.78, 5) is 0. The first-order valence-corrected chi connectivity index (χ1v) is 21.3. The normalized spacial score (nSPS) is 14.9. The maximum Gasteiger partial charge on any atom is 0.135 e. The SMILES string of the molecule is CC1(C)c2ccccc2-c2cc(-c3c(-c4cccc(C(c5ccc6c(c5)C(C)(C)c5ccccc5-6)c5ccc6c(c5)oc5ccccc56)c4)ccc4ccccc34)ccc21. The Labute approximate surface area is 351 Å². The van der Waals surface area contributed by atoms with E-state index < -0.39 is 0 Å². The molecule has 1 heterocycles. The van der Waals surface area contributed by atoms with Crippen molar-refractivity contribution in [2.24, 2.45) is 0 Å². The van der Waals surface area contributed by atoms with Crippen LogP contribution < -0.4 is 0 Å². The van der Waals surface area contributed by atoms with Crippen molar-refractivity contribution in [3.63, 3.8) is 0 Å². The fraction of sp³-hybridized carbons (Fsp3) is 0.119. The van der Waals surface area contributed by atoms with Crippen LogP contribution in [0.3, 0.4) is 0 Å². The second-order valence-corrected chi connectivity index (χ2v) is 18.0. The summed E-state index contributed by atoms with van der Waals surface area (Å²) in [6.07, 6.45) is 0. The summed E-state index contributed by atoms with van der Waals surface area (Å²) in [5.74, 6) is -0.0324. The van der Waals surface area contributed by atoms with Crippen molar-refractivity contribution in [3.8, 4) is 44.5 Å². The molecule has 286 valence electrons. The Morgan fingerprint density at radius 2 is 0.950 bits per heavy atom. The molecule has 0 spiro atoms. The van der Waals surface area contributed by atoms with Crippen LogP contribution in [0.15, 0.2) is 192 Å². The van der Waals surface area contributed by atoms with Crippen molar-refractivity contribution in [2.45, 2.75) is 44.4 Å². The number of rotatable bonds is 5. The van der Waals surface area contributed by atoms with Gasteiger partial charge in [0, 0.05) is 27.5 Å². The van der Waals surface area contributed by atoms with E-state index in [0.29, 0.717) is 0 Å². The highest BCUT2D eigenvalue weighted by Gasteiger charge is 2.37. The lowest BCUT2D eigenvalue weighted by Gasteiger charge is -2.25. The van der Waals surface area contributed by atoms with Crippen LogP contribution in [0.25, 0.3) is 77.2 Å². The van der Waals surface area contributed by atoms with Crippen LogP contribution in [0, 0.1) is 0 Å². The van der Waals surface area contributed by atoms with Crippen molar-refractivity contribution in [1.29, 1.82) is 0 Å². The predicted molar refractivity (Wildman–Crippen MR) is 251 cm³/mol. The Kier molecular flexibility index (Phi) is 7.45. The van der Waals surface area contributed by atoms with Crippen molar-refractivity contribution in [1.82, 2.24) is 0 Å². The highest BCUT2D eigenvalue weighted by molar-refractivity contribution is 6.06. The minimum absolute atomic E-state index is 0.0324. The molecule has 2 aliphatic rings. The van der Waals surface area contributed by atoms with Crippen molar-refractivity contribution < 1.29 is 4.42 Å². The van der Waals surface area contributed by atoms with E-state index >= 15 is 0 Å². The van der Waals surface area contributed by atoms with Crippen LogP contribution in [0.5, 0.6) is 0 Å². The number of hydrogen-bond acceptors (Lipinski definition) is 1. The summed E-state index contributed by atoms with van der Waals surface area (Å²) < 4.78 is 6.53. The lowest BCUT2D eigenvalue weighted by Crippen LogP contribution is -2.15. The van der Waals surface area contributed by atoms with E-state index in [9.17, 15) is 0 Å². The van der Waals surface area contributed by atoms with E-state index in [4.69, 9.17) is 4.42 Å². The molecule has 1 atom stereocenters. The average molecular weight is 769 g/mol. The quantitative estimate of drug-likeness (QED) is 0.159. The van der Waals surface area contributed by atoms with E-state index in [2.05, 4.69) is 210 Å². The van der Waals surface area contributed by atoms with Gasteiger partial charge >= 0.3 is 0 Å². The van der Waals surface area contributed by atoms with Gasteiger partial charge in [-0.05, 0) is 112 Å². The first-order chi connectivity index (χ1) is 29.3. The zero-order valence-corrected chi connectivity index (χ0v) is 34.4. The third kappa shape index (κ3) is 5.05. The molecule has 0 fully saturated rings. The molecule has 0 amide bonds. The van der Waals surface area contributed by atoms with Crippen LogP contribution in [-0.4, -0.2) is 0 Å². The molecule has 1 nitrogen and oxygen atoms in total. The standard InChI is InChI=1S/C59H44O/c1-58(2)51-22-11-8-19-45(51)49-33-39(27-31-52(49)58)57-42-17-6-5-14-36(42)24-28-43(57)37-15-13-16-38(32-37)56(41-26-30-48-47-20-9-12-23-54(47)60-55(48)35-41)40-25-29-46-44-18-7-10-21-50(44)59(3,4)53(46)34-40/h5-35,56H,1-4H3. The largest absolute Gasteiger partial charge is 0.456 e. The number of benzene rings is 9. The van der Waals surface area contributed by atoms with Gasteiger partial charge < -0.3 is 4.42 Å². The number of hydrogen-bond donors (Lipinski definition) is 0. The lowest BCUT2D eigenvalue weighted by molar-refractivity contribution is 0.658. The second kappa shape index (κ2) is 12.8. The van der Waals surface area contributed by atoms with Gasteiger partial charge in [-0.15, -0.1) is 0 Å². The van der Waals surface area contributed by atoms with E-state index in [1.54, 1.807) is 0 Å². The third-order valence-corrected chi connectivity index (χ3v) is 14.0. The molecular weight excluding hydrogens is 725 g/mol. The van der Waals surface area contributed by atoms with Gasteiger partial charge in [0.2, 0.25) is 0 Å². The molecule has 0 radical (unpaired) electrons. The van der Waals surface area contributed by atoms with Gasteiger partial charge in [0.05, 0.1) is 0 Å². The molecule has 2 aliphatic carbocycles. The summed E-state index contributed by atoms with van der Waals surface area (Å²) in [5.41, 5.74) is 21.3. The Morgan fingerprint density at radius 1 is 0.350 bits per heavy atom. The van der Waals surface area contributed by atoms with Gasteiger partial charge in [-0.1, -0.05) is 198 Å². The monoisotopic (exact) mass is 768 g/mol. The van der Waals surface area contributed by atoms with E-state index in [-0.39, 0.29) is 16.7 Å². The minimum Gasteiger partial charge on any atom is -0.456 e. The molecule has 1 unspecified atom stereocenters. The molecule has 10 aromatic rings. The molecule has 9 aromatic carbocycles. The maximum atomic E-state index is 6.53. The molecular formula is C59H44O. The number of fused-ring (bicyclic) bond motifs is 10. The van der Waals surface area contributed by atoms with E-state index in [1.807, 2.05) is 6.07 Å². The Morgan fingerprint density at radius 3 is 1.78 bits per heavy atom. The van der Waals surface area contributed by atoms with Gasteiger partial charge in [-0.25, -0.2) is 0 Å². The van der Waals surface area contributed by atoms with Crippen molar-refractivity contribution in [2.75, 3.05) is 0 Å². The number of furan rings is 1. The molecule has 0 saturated carbocycles. The molecule has 0 saturated heterocycles. The summed E-state index contributed by atoms with van der Waals surface area (Å²) in [5, 5.41) is 4.80. The summed E-state index contributed by atoms with van der Waals surface area (Å²) >= 11 is 0. The zero-order chi connectivity index (χ0) is 40.3. The highest BCUT2D eigenvalue weighted by Crippen LogP contribution is 2.52. The first-order valence-electron chi connectivity index (χ1n) is 21.3. The molecule has 0 bridgehead atoms. The van der Waals surface area contributed by atoms with Crippen LogP contribution in [0.2, 0.25) is 0 Å². The van der Waals surface area contributed by atoms with Gasteiger partial charge in [0.15, 0.2) is 0 Å². The van der Waals surface area contributed by atoms with Crippen LogP contribution in [0.1, 0.15) is 72.6 Å². The van der Waals surface area contributed by atoms with Crippen LogP contribution in [-0.2, 0) is 10.8 Å². The van der Waals surface area contributed by atoms with Gasteiger partial charge in [0.1, 0.15) is 11.2 Å². The minimum atomic E-state index is -0.109. The molecule has 0 N–H and O–H groups in total. The maximum absolute atomic E-state index is 6.53. The molecule has 60 heavy (non-hydrogen) atoms. The molecule has 0 aliphatic heterocycles. The smallest absolute Gasteiger partial charge is 0.135 e. The first kappa shape index (κ1) is 35.0. The topological polar surface area (TPSA) is 13.1 Å². The molecule has 1 heteroatoms. The average Bonchev–Trinajstić information content (AvgIpc) is 3.85. The fourth-order valence-electron chi connectivity index (χ4n) is 11.0. The highest BCUT2D eigenvalue weighted by atomic mass is 16.3. The van der Waals surface area contributed by atoms with E-state index in [0.717, 1.165) is 21.9 Å². The van der Waals surface area contributed by atoms with Gasteiger partial charge in [-0.3, -0.25) is 0 Å². The van der Waals surface area contributed by atoms with Gasteiger partial charge in [-0.2, -0.15) is 0 Å². The summed E-state index contributed by atoms with van der Waals surface area (Å²) in [6, 6.07) is 70.3. The summed E-state index contributed by atoms with van der Waals surface area (Å²) in [6.45, 7) is 9.46. The Hall–Kier alpha value is -6.96. The zero-order valence-electron chi connectivity index (χ0n) is 34.4. The second-order valence-electron chi connectivity index (χ2n) is 18.0. The molecule has 12 rings (SSSR count). The summed E-state index contributed by atoms with van der Waals surface area (Å²) in [7, 11) is 0. The van der Waals surface area contributed by atoms with Crippen molar-refractivity contribution >= 4 is 32.7 Å².